The second-order valence-corrected chi connectivity index (χ2v) is 14.2. The Morgan fingerprint density at radius 3 is 2.26 bits per heavy atom. The molecule has 2 unspecified atom stereocenters. The number of piperidine rings is 1. The molecule has 2 aliphatic heterocycles. The van der Waals surface area contributed by atoms with Gasteiger partial charge in [-0.25, -0.2) is 12.8 Å². The number of hydrogen-bond acceptors (Lipinski definition) is 6. The number of halogens is 1. The van der Waals surface area contributed by atoms with Crippen LogP contribution < -0.4 is 9.80 Å². The topological polar surface area (TPSA) is 70.2 Å². The molecule has 1 aliphatic carbocycles. The molecule has 3 heterocycles. The summed E-state index contributed by atoms with van der Waals surface area (Å²) in [5.41, 5.74) is 3.03. The van der Waals surface area contributed by atoms with Crippen LogP contribution in [0.5, 0.6) is 0 Å². The Kier molecular flexibility index (Phi) is 7.54. The zero-order chi connectivity index (χ0) is 29.6. The highest BCUT2D eigenvalue weighted by Gasteiger charge is 2.58. The number of hydrogen-bond donors (Lipinski definition) is 0. The Hall–Kier alpha value is -3.57. The van der Waals surface area contributed by atoms with Crippen LogP contribution in [0.2, 0.25) is 0 Å². The molecule has 3 aromatic carbocycles. The van der Waals surface area contributed by atoms with Crippen LogP contribution in [0, 0.1) is 23.6 Å². The van der Waals surface area contributed by atoms with Crippen molar-refractivity contribution in [3.63, 3.8) is 0 Å². The predicted molar refractivity (Wildman–Crippen MR) is 167 cm³/mol. The van der Waals surface area contributed by atoms with Gasteiger partial charge in [0.15, 0.2) is 0 Å². The summed E-state index contributed by atoms with van der Waals surface area (Å²) in [5.74, 6) is -0.0573. The van der Waals surface area contributed by atoms with Crippen molar-refractivity contribution >= 4 is 38.6 Å². The first-order valence-electron chi connectivity index (χ1n) is 14.5. The van der Waals surface area contributed by atoms with Gasteiger partial charge in [-0.05, 0) is 70.7 Å². The van der Waals surface area contributed by atoms with E-state index in [1.807, 2.05) is 64.9 Å². The van der Waals surface area contributed by atoms with E-state index in [1.54, 1.807) is 33.5 Å². The van der Waals surface area contributed by atoms with Gasteiger partial charge in [-0.15, -0.1) is 11.3 Å². The molecule has 2 saturated heterocycles. The quantitative estimate of drug-likeness (QED) is 0.257. The SMILES string of the molecule is O=C(c1cccs1)N(CC1C2CN(S(=O)(=O)c3ccc(-c4ccccc4)cc3)CC12)c1ccc(N2CCOCC2)c(F)c1. The molecule has 1 saturated carbocycles. The maximum atomic E-state index is 15.4. The van der Waals surface area contributed by atoms with Crippen LogP contribution in [0.3, 0.4) is 0 Å². The molecular formula is C33H32FN3O4S2. The lowest BCUT2D eigenvalue weighted by Crippen LogP contribution is -2.37. The number of carbonyl (C=O) groups is 1. The molecule has 0 spiro atoms. The molecule has 1 aromatic heterocycles. The van der Waals surface area contributed by atoms with Crippen molar-refractivity contribution in [2.45, 2.75) is 4.90 Å². The molecule has 222 valence electrons. The fraction of sp³-hybridized carbons (Fsp3) is 0.303. The summed E-state index contributed by atoms with van der Waals surface area (Å²) in [4.78, 5) is 18.1. The minimum Gasteiger partial charge on any atom is -0.378 e. The Labute approximate surface area is 255 Å². The molecule has 10 heteroatoms. The largest absolute Gasteiger partial charge is 0.378 e. The number of ether oxygens (including phenoxy) is 1. The first-order valence-corrected chi connectivity index (χ1v) is 16.9. The van der Waals surface area contributed by atoms with E-state index in [4.69, 9.17) is 4.74 Å². The fourth-order valence-electron chi connectivity index (χ4n) is 6.45. The Morgan fingerprint density at radius 2 is 1.60 bits per heavy atom. The van der Waals surface area contributed by atoms with Gasteiger partial charge in [0, 0.05) is 38.4 Å². The van der Waals surface area contributed by atoms with E-state index in [2.05, 4.69) is 0 Å². The fourth-order valence-corrected chi connectivity index (χ4v) is 8.64. The Bertz CT molecular complexity index is 1700. The number of sulfonamides is 1. The summed E-state index contributed by atoms with van der Waals surface area (Å²) in [5, 5.41) is 1.86. The van der Waals surface area contributed by atoms with Gasteiger partial charge in [0.1, 0.15) is 5.82 Å². The van der Waals surface area contributed by atoms with E-state index in [0.29, 0.717) is 62.2 Å². The van der Waals surface area contributed by atoms with Crippen molar-refractivity contribution in [3.05, 3.63) is 101 Å². The van der Waals surface area contributed by atoms with Gasteiger partial charge >= 0.3 is 0 Å². The molecular weight excluding hydrogens is 586 g/mol. The van der Waals surface area contributed by atoms with Crippen molar-refractivity contribution < 1.29 is 22.3 Å². The molecule has 7 nitrogen and oxygen atoms in total. The normalized spacial score (nSPS) is 21.9. The number of fused-ring (bicyclic) bond motifs is 1. The standard InChI is InChI=1S/C33H32FN3O4S2/c34-30-19-25(10-13-31(30)35-14-16-41-17-15-35)37(33(38)32-7-4-18-42-32)22-29-27-20-36(21-28(27)29)43(39,40)26-11-8-24(9-12-26)23-5-2-1-3-6-23/h1-13,18-19,27-29H,14-17,20-22H2. The van der Waals surface area contributed by atoms with Crippen molar-refractivity contribution in [2.24, 2.45) is 17.8 Å². The number of morpholine rings is 1. The van der Waals surface area contributed by atoms with E-state index >= 15 is 4.39 Å². The molecule has 1 amide bonds. The highest BCUT2D eigenvalue weighted by Crippen LogP contribution is 2.53. The van der Waals surface area contributed by atoms with Gasteiger partial charge in [-0.2, -0.15) is 4.31 Å². The van der Waals surface area contributed by atoms with Crippen molar-refractivity contribution in [2.75, 3.05) is 55.7 Å². The molecule has 0 bridgehead atoms. The van der Waals surface area contributed by atoms with Crippen LogP contribution in [-0.4, -0.2) is 64.6 Å². The van der Waals surface area contributed by atoms with Crippen molar-refractivity contribution in [1.82, 2.24) is 4.31 Å². The second kappa shape index (κ2) is 11.5. The number of thiophene rings is 1. The van der Waals surface area contributed by atoms with Gasteiger partial charge in [-0.1, -0.05) is 48.5 Å². The third-order valence-electron chi connectivity index (χ3n) is 8.90. The second-order valence-electron chi connectivity index (χ2n) is 11.3. The summed E-state index contributed by atoms with van der Waals surface area (Å²) < 4.78 is 49.3. The van der Waals surface area contributed by atoms with Gasteiger partial charge in [0.05, 0.1) is 28.7 Å². The van der Waals surface area contributed by atoms with Gasteiger partial charge in [0.25, 0.3) is 5.91 Å². The van der Waals surface area contributed by atoms with Crippen LogP contribution in [0.4, 0.5) is 15.8 Å². The third kappa shape index (κ3) is 5.48. The van der Waals surface area contributed by atoms with Gasteiger partial charge in [0.2, 0.25) is 10.0 Å². The molecule has 43 heavy (non-hydrogen) atoms. The summed E-state index contributed by atoms with van der Waals surface area (Å²) in [6.45, 7) is 3.61. The van der Waals surface area contributed by atoms with Crippen LogP contribution >= 0.6 is 11.3 Å². The maximum absolute atomic E-state index is 15.4. The van der Waals surface area contributed by atoms with Crippen molar-refractivity contribution in [3.8, 4) is 11.1 Å². The number of benzene rings is 3. The smallest absolute Gasteiger partial charge is 0.268 e. The first-order chi connectivity index (χ1) is 20.9. The lowest BCUT2D eigenvalue weighted by atomic mass is 10.1. The molecule has 3 aliphatic rings. The van der Waals surface area contributed by atoms with E-state index in [0.717, 1.165) is 11.1 Å². The minimum atomic E-state index is -3.63. The lowest BCUT2D eigenvalue weighted by molar-refractivity contribution is 0.0988. The van der Waals surface area contributed by atoms with Crippen LogP contribution in [0.1, 0.15) is 9.67 Å². The van der Waals surface area contributed by atoms with Crippen molar-refractivity contribution in [1.29, 1.82) is 0 Å². The monoisotopic (exact) mass is 617 g/mol. The number of anilines is 2. The highest BCUT2D eigenvalue weighted by atomic mass is 32.2. The zero-order valence-corrected chi connectivity index (χ0v) is 25.1. The van der Waals surface area contributed by atoms with E-state index < -0.39 is 10.0 Å². The summed E-state index contributed by atoms with van der Waals surface area (Å²) in [6, 6.07) is 25.5. The predicted octanol–water partition coefficient (Wildman–Crippen LogP) is 5.60. The van der Waals surface area contributed by atoms with Gasteiger partial charge < -0.3 is 14.5 Å². The highest BCUT2D eigenvalue weighted by molar-refractivity contribution is 7.89. The molecule has 0 radical (unpaired) electrons. The summed E-state index contributed by atoms with van der Waals surface area (Å²) in [6.07, 6.45) is 0. The molecule has 3 fully saturated rings. The molecule has 2 atom stereocenters. The molecule has 0 N–H and O–H groups in total. The van der Waals surface area contributed by atoms with Crippen LogP contribution in [0.15, 0.2) is 95.2 Å². The zero-order valence-electron chi connectivity index (χ0n) is 23.5. The summed E-state index contributed by atoms with van der Waals surface area (Å²) >= 11 is 1.36. The van der Waals surface area contributed by atoms with E-state index in [9.17, 15) is 13.2 Å². The van der Waals surface area contributed by atoms with Gasteiger partial charge in [-0.3, -0.25) is 4.79 Å². The average molecular weight is 618 g/mol. The Balaban J connectivity index is 1.06. The van der Waals surface area contributed by atoms with E-state index in [1.165, 1.54) is 17.4 Å². The summed E-state index contributed by atoms with van der Waals surface area (Å²) in [7, 11) is -3.63. The van der Waals surface area contributed by atoms with E-state index in [-0.39, 0.29) is 34.4 Å². The Morgan fingerprint density at radius 1 is 0.907 bits per heavy atom. The van der Waals surface area contributed by atoms with Crippen LogP contribution in [-0.2, 0) is 14.8 Å². The number of carbonyl (C=O) groups excluding carboxylic acids is 1. The minimum absolute atomic E-state index is 0.151. The first kappa shape index (κ1) is 28.2. The lowest BCUT2D eigenvalue weighted by Gasteiger charge is -2.30. The van der Waals surface area contributed by atoms with Crippen LogP contribution in [0.25, 0.3) is 11.1 Å². The number of amides is 1. The molecule has 7 rings (SSSR count). The number of rotatable bonds is 8. The average Bonchev–Trinajstić information content (AvgIpc) is 3.42. The maximum Gasteiger partial charge on any atom is 0.268 e. The number of nitrogens with zero attached hydrogens (tertiary/aromatic N) is 3. The molecule has 4 aromatic rings. The third-order valence-corrected chi connectivity index (χ3v) is 11.6.